The molecule has 0 saturated carbocycles. The highest BCUT2D eigenvalue weighted by Gasteiger charge is 1.92. The van der Waals surface area contributed by atoms with Gasteiger partial charge in [-0.15, -0.1) is 0 Å². The number of morpholine rings is 1. The molecule has 0 spiro atoms. The van der Waals surface area contributed by atoms with Crippen LogP contribution in [0.15, 0.2) is 0 Å². The summed E-state index contributed by atoms with van der Waals surface area (Å²) in [5.74, 6) is 0. The summed E-state index contributed by atoms with van der Waals surface area (Å²) >= 11 is 0. The fourth-order valence-corrected chi connectivity index (χ4v) is 0.516. The summed E-state index contributed by atoms with van der Waals surface area (Å²) < 4.78 is 5.01. The monoisotopic (exact) mass is 109 g/mol. The van der Waals surface area contributed by atoms with Gasteiger partial charge in [0.15, 0.2) is 0 Å². The average Bonchev–Trinajstić information content (AvgIpc) is 1.96. The summed E-state index contributed by atoms with van der Waals surface area (Å²) in [6, 6.07) is 0. The van der Waals surface area contributed by atoms with Crippen molar-refractivity contribution in [2.75, 3.05) is 26.3 Å². The van der Waals surface area contributed by atoms with Crippen molar-refractivity contribution in [1.29, 1.82) is 0 Å². The van der Waals surface area contributed by atoms with Crippen LogP contribution in [0, 0.1) is 0 Å². The van der Waals surface area contributed by atoms with Crippen LogP contribution in [-0.2, 0) is 4.74 Å². The third kappa shape index (κ3) is 4.22. The Labute approximate surface area is 52.8 Å². The normalized spacial score (nSPS) is 18.5. The fraction of sp³-hybridized carbons (Fsp3) is 1.00. The van der Waals surface area contributed by atoms with E-state index < -0.39 is 0 Å². The average molecular weight is 109 g/mol. The van der Waals surface area contributed by atoms with Gasteiger partial charge in [0.1, 0.15) is 0 Å². The summed E-state index contributed by atoms with van der Waals surface area (Å²) in [5, 5.41) is 3.16. The Hall–Kier alpha value is 0.0499. The summed E-state index contributed by atoms with van der Waals surface area (Å²) in [4.78, 5) is 0. The van der Waals surface area contributed by atoms with Gasteiger partial charge >= 0.3 is 0 Å². The minimum absolute atomic E-state index is 0.889. The van der Waals surface area contributed by atoms with Gasteiger partial charge in [-0.3, -0.25) is 0 Å². The van der Waals surface area contributed by atoms with E-state index in [2.05, 4.69) is 20.8 Å². The molecule has 4 heteroatoms. The maximum atomic E-state index is 5.01. The molecule has 0 unspecified atom stereocenters. The first-order valence-electron chi connectivity index (χ1n) is 2.62. The molecule has 4 radical (unpaired) electrons. The van der Waals surface area contributed by atoms with Crippen molar-refractivity contribution in [3.8, 4) is 0 Å². The van der Waals surface area contributed by atoms with Gasteiger partial charge in [0.25, 0.3) is 0 Å². The van der Waals surface area contributed by atoms with Crippen LogP contribution < -0.4 is 5.32 Å². The maximum absolute atomic E-state index is 5.01. The van der Waals surface area contributed by atoms with E-state index >= 15 is 0 Å². The van der Waals surface area contributed by atoms with Crippen LogP contribution in [0.25, 0.3) is 0 Å². The first-order valence-corrected chi connectivity index (χ1v) is 2.62. The molecule has 0 atom stereocenters. The van der Waals surface area contributed by atoms with Crippen molar-refractivity contribution in [1.82, 2.24) is 5.32 Å². The Bertz CT molecular complexity index is 29.5. The van der Waals surface area contributed by atoms with E-state index in [1.165, 1.54) is 0 Å². The van der Waals surface area contributed by atoms with E-state index in [-0.39, 0.29) is 0 Å². The predicted octanol–water partition coefficient (Wildman–Crippen LogP) is -1.16. The molecule has 1 aliphatic heterocycles. The molecule has 1 saturated heterocycles. The molecule has 1 fully saturated rings. The minimum atomic E-state index is 0.889. The van der Waals surface area contributed by atoms with Crippen LogP contribution in [0.1, 0.15) is 0 Å². The van der Waals surface area contributed by atoms with Crippen molar-refractivity contribution >= 4 is 15.5 Å². The van der Waals surface area contributed by atoms with Crippen molar-refractivity contribution in [2.45, 2.75) is 0 Å². The lowest BCUT2D eigenvalue weighted by Crippen LogP contribution is -2.30. The second-order valence-corrected chi connectivity index (χ2v) is 1.36. The molecule has 1 rings (SSSR count). The van der Waals surface area contributed by atoms with Gasteiger partial charge < -0.3 is 10.1 Å². The Kier molecular flexibility index (Phi) is 7.09. The molecule has 42 valence electrons. The summed E-state index contributed by atoms with van der Waals surface area (Å²) in [7, 11) is 8.00. The first-order chi connectivity index (χ1) is 4.00. The largest absolute Gasteiger partial charge is 0.379 e. The number of hydrogen-bond donors (Lipinski definition) is 1. The molecule has 0 aromatic heterocycles. The number of rotatable bonds is 0. The van der Waals surface area contributed by atoms with Gasteiger partial charge in [-0.2, -0.15) is 0 Å². The van der Waals surface area contributed by atoms with E-state index in [0.29, 0.717) is 0 Å². The number of hydrogen-bond acceptors (Lipinski definition) is 2. The molecule has 0 bridgehead atoms. The SMILES string of the molecule is C1COCCN1.[B][B]. The highest BCUT2D eigenvalue weighted by atomic mass is 16.5. The van der Waals surface area contributed by atoms with Gasteiger partial charge in [0.2, 0.25) is 0 Å². The third-order valence-corrected chi connectivity index (χ3v) is 0.846. The second kappa shape index (κ2) is 7.05. The minimum Gasteiger partial charge on any atom is -0.379 e. The Balaban J connectivity index is 0.000000222. The fourth-order valence-electron chi connectivity index (χ4n) is 0.516. The number of ether oxygens (including phenoxy) is 1. The standard InChI is InChI=1S/C4H9NO.B2/c1-3-6-4-2-5-1;1-2/h5H,1-4H2;. The van der Waals surface area contributed by atoms with Gasteiger partial charge in [0.05, 0.1) is 13.2 Å². The Morgan fingerprint density at radius 2 is 1.62 bits per heavy atom. The lowest BCUT2D eigenvalue weighted by molar-refractivity contribution is 0.109. The zero-order valence-corrected chi connectivity index (χ0v) is 4.89. The molecule has 0 aromatic rings. The summed E-state index contributed by atoms with van der Waals surface area (Å²) in [6.07, 6.45) is 0. The first kappa shape index (κ1) is 8.05. The zero-order chi connectivity index (χ0) is 6.24. The molecule has 1 heterocycles. The van der Waals surface area contributed by atoms with Crippen LogP contribution in [0.4, 0.5) is 0 Å². The van der Waals surface area contributed by atoms with E-state index in [9.17, 15) is 0 Å². The van der Waals surface area contributed by atoms with E-state index in [1.54, 1.807) is 0 Å². The van der Waals surface area contributed by atoms with E-state index in [4.69, 9.17) is 4.74 Å². The molecule has 1 N–H and O–H groups in total. The molecule has 0 aromatic carbocycles. The van der Waals surface area contributed by atoms with Crippen LogP contribution >= 0.6 is 0 Å². The quantitative estimate of drug-likeness (QED) is 0.396. The molecule has 0 amide bonds. The van der Waals surface area contributed by atoms with Crippen molar-refractivity contribution in [3.05, 3.63) is 0 Å². The van der Waals surface area contributed by atoms with Crippen LogP contribution in [0.3, 0.4) is 0 Å². The molecular weight excluding hydrogens is 99.7 g/mol. The van der Waals surface area contributed by atoms with E-state index in [0.717, 1.165) is 26.3 Å². The highest BCUT2D eigenvalue weighted by Crippen LogP contribution is 1.76. The van der Waals surface area contributed by atoms with Crippen molar-refractivity contribution in [3.63, 3.8) is 0 Å². The zero-order valence-electron chi connectivity index (χ0n) is 4.89. The lowest BCUT2D eigenvalue weighted by Gasteiger charge is -2.10. The van der Waals surface area contributed by atoms with Crippen LogP contribution in [-0.4, -0.2) is 41.8 Å². The highest BCUT2D eigenvalue weighted by molar-refractivity contribution is 6.75. The smallest absolute Gasteiger partial charge is 0.0591 e. The molecule has 0 aliphatic carbocycles. The number of nitrogens with one attached hydrogen (secondary N) is 1. The summed E-state index contributed by atoms with van der Waals surface area (Å²) in [5.41, 5.74) is 0. The molecule has 8 heavy (non-hydrogen) atoms. The van der Waals surface area contributed by atoms with E-state index in [1.807, 2.05) is 0 Å². The lowest BCUT2D eigenvalue weighted by atomic mass is 9.81. The van der Waals surface area contributed by atoms with Gasteiger partial charge in [-0.25, -0.2) is 0 Å². The molecule has 2 nitrogen and oxygen atoms in total. The Morgan fingerprint density at radius 1 is 1.12 bits per heavy atom. The van der Waals surface area contributed by atoms with Crippen LogP contribution in [0.2, 0.25) is 0 Å². The third-order valence-electron chi connectivity index (χ3n) is 0.846. The van der Waals surface area contributed by atoms with Gasteiger partial charge in [-0.05, 0) is 0 Å². The Morgan fingerprint density at radius 3 is 1.75 bits per heavy atom. The van der Waals surface area contributed by atoms with Gasteiger partial charge in [-0.1, -0.05) is 0 Å². The van der Waals surface area contributed by atoms with Crippen molar-refractivity contribution < 1.29 is 4.74 Å². The van der Waals surface area contributed by atoms with Crippen LogP contribution in [0.5, 0.6) is 0 Å². The van der Waals surface area contributed by atoms with Gasteiger partial charge in [0, 0.05) is 28.6 Å². The topological polar surface area (TPSA) is 21.3 Å². The molecular formula is C4H9B2NO. The second-order valence-electron chi connectivity index (χ2n) is 1.36. The predicted molar refractivity (Wildman–Crippen MR) is 35.2 cm³/mol. The summed E-state index contributed by atoms with van der Waals surface area (Å²) in [6.45, 7) is 3.83. The van der Waals surface area contributed by atoms with Crippen molar-refractivity contribution in [2.24, 2.45) is 0 Å². The maximum Gasteiger partial charge on any atom is 0.0591 e. The molecule has 1 aliphatic rings.